The molecule has 2 aromatic rings. The number of aryl methyl sites for hydroxylation is 1. The van der Waals surface area contributed by atoms with Gasteiger partial charge in [0.1, 0.15) is 11.6 Å². The van der Waals surface area contributed by atoms with Gasteiger partial charge in [-0.25, -0.2) is 4.79 Å². The highest BCUT2D eigenvalue weighted by atomic mass is 16.5. The molecule has 0 saturated carbocycles. The van der Waals surface area contributed by atoms with Gasteiger partial charge >= 0.3 is 5.97 Å². The van der Waals surface area contributed by atoms with E-state index in [1.54, 1.807) is 30.3 Å². The van der Waals surface area contributed by atoms with E-state index in [1.165, 1.54) is 13.2 Å². The average Bonchev–Trinajstić information content (AvgIpc) is 2.59. The third-order valence-electron chi connectivity index (χ3n) is 3.28. The first-order chi connectivity index (χ1) is 11.5. The molecule has 5 heteroatoms. The van der Waals surface area contributed by atoms with E-state index in [9.17, 15) is 14.9 Å². The fraction of sp³-hybridized carbons (Fsp3) is 0.105. The van der Waals surface area contributed by atoms with Crippen molar-refractivity contribution in [2.75, 3.05) is 12.4 Å². The summed E-state index contributed by atoms with van der Waals surface area (Å²) >= 11 is 0. The average molecular weight is 320 g/mol. The first-order valence-corrected chi connectivity index (χ1v) is 7.21. The van der Waals surface area contributed by atoms with Gasteiger partial charge in [0.15, 0.2) is 0 Å². The minimum absolute atomic E-state index is 0.0256. The third-order valence-corrected chi connectivity index (χ3v) is 3.28. The molecule has 120 valence electrons. The van der Waals surface area contributed by atoms with E-state index in [0.29, 0.717) is 16.8 Å². The van der Waals surface area contributed by atoms with Crippen LogP contribution in [0.3, 0.4) is 0 Å². The number of nitrogens with one attached hydrogen (secondary N) is 1. The predicted molar refractivity (Wildman–Crippen MR) is 91.2 cm³/mol. The highest BCUT2D eigenvalue weighted by molar-refractivity contribution is 6.09. The highest BCUT2D eigenvalue weighted by Crippen LogP contribution is 2.13. The number of carbonyl (C=O) groups excluding carboxylic acids is 2. The lowest BCUT2D eigenvalue weighted by Crippen LogP contribution is -2.13. The van der Waals surface area contributed by atoms with Crippen LogP contribution in [-0.4, -0.2) is 19.0 Å². The van der Waals surface area contributed by atoms with Gasteiger partial charge in [-0.05, 0) is 48.4 Å². The minimum atomic E-state index is -0.486. The lowest BCUT2D eigenvalue weighted by Gasteiger charge is -2.05. The van der Waals surface area contributed by atoms with Gasteiger partial charge in [0.2, 0.25) is 0 Å². The molecule has 0 aliphatic heterocycles. The normalized spacial score (nSPS) is 10.6. The number of amides is 1. The fourth-order valence-electron chi connectivity index (χ4n) is 2.07. The Morgan fingerprint density at radius 1 is 1.17 bits per heavy atom. The molecule has 2 aromatic carbocycles. The molecule has 0 bridgehead atoms. The van der Waals surface area contributed by atoms with Crippen molar-refractivity contribution < 1.29 is 14.3 Å². The van der Waals surface area contributed by atoms with Crippen LogP contribution in [0.25, 0.3) is 6.08 Å². The van der Waals surface area contributed by atoms with Gasteiger partial charge in [-0.15, -0.1) is 0 Å². The van der Waals surface area contributed by atoms with Crippen LogP contribution < -0.4 is 5.32 Å². The van der Waals surface area contributed by atoms with E-state index in [-0.39, 0.29) is 5.57 Å². The molecule has 24 heavy (non-hydrogen) atoms. The summed E-state index contributed by atoms with van der Waals surface area (Å²) in [5.74, 6) is -0.927. The molecule has 2 rings (SSSR count). The first-order valence-electron chi connectivity index (χ1n) is 7.21. The van der Waals surface area contributed by atoms with Crippen LogP contribution in [0.4, 0.5) is 5.69 Å². The number of rotatable bonds is 4. The summed E-state index contributed by atoms with van der Waals surface area (Å²) in [6.07, 6.45) is 1.46. The van der Waals surface area contributed by atoms with Gasteiger partial charge in [-0.1, -0.05) is 24.3 Å². The second kappa shape index (κ2) is 7.75. The van der Waals surface area contributed by atoms with Crippen LogP contribution in [-0.2, 0) is 9.53 Å². The molecule has 0 fully saturated rings. The van der Waals surface area contributed by atoms with Crippen molar-refractivity contribution in [3.05, 3.63) is 70.8 Å². The molecule has 0 spiro atoms. The van der Waals surface area contributed by atoms with Crippen LogP contribution in [0.5, 0.6) is 0 Å². The Balaban J connectivity index is 2.18. The molecule has 5 nitrogen and oxygen atoms in total. The Labute approximate surface area is 140 Å². The third kappa shape index (κ3) is 4.31. The highest BCUT2D eigenvalue weighted by Gasteiger charge is 2.10. The molecular weight excluding hydrogens is 304 g/mol. The number of methoxy groups -OCH3 is 1. The van der Waals surface area contributed by atoms with Crippen LogP contribution in [0, 0.1) is 18.3 Å². The summed E-state index contributed by atoms with van der Waals surface area (Å²) in [6.45, 7) is 1.92. The number of carbonyl (C=O) groups is 2. The molecule has 1 N–H and O–H groups in total. The van der Waals surface area contributed by atoms with E-state index in [1.807, 2.05) is 31.2 Å². The Hall–Kier alpha value is -3.39. The van der Waals surface area contributed by atoms with Crippen LogP contribution in [0.15, 0.2) is 54.1 Å². The van der Waals surface area contributed by atoms with E-state index in [4.69, 9.17) is 0 Å². The minimum Gasteiger partial charge on any atom is -0.465 e. The lowest BCUT2D eigenvalue weighted by atomic mass is 10.1. The molecule has 0 saturated heterocycles. The van der Waals surface area contributed by atoms with E-state index >= 15 is 0 Å². The number of benzene rings is 2. The van der Waals surface area contributed by atoms with Crippen molar-refractivity contribution in [2.45, 2.75) is 6.92 Å². The maximum absolute atomic E-state index is 12.2. The van der Waals surface area contributed by atoms with Gasteiger partial charge in [0.05, 0.1) is 12.7 Å². The van der Waals surface area contributed by atoms with Crippen molar-refractivity contribution in [3.63, 3.8) is 0 Å². The van der Waals surface area contributed by atoms with Gasteiger partial charge in [0.25, 0.3) is 5.91 Å². The number of hydrogen-bond acceptors (Lipinski definition) is 4. The summed E-state index contributed by atoms with van der Waals surface area (Å²) in [5, 5.41) is 11.9. The molecular formula is C19H16N2O3. The molecule has 0 aromatic heterocycles. The van der Waals surface area contributed by atoms with Gasteiger partial charge in [-0.2, -0.15) is 5.26 Å². The Morgan fingerprint density at radius 2 is 1.88 bits per heavy atom. The van der Waals surface area contributed by atoms with E-state index < -0.39 is 11.9 Å². The molecule has 1 amide bonds. The topological polar surface area (TPSA) is 79.2 Å². The summed E-state index contributed by atoms with van der Waals surface area (Å²) < 4.78 is 4.62. The molecule has 0 radical (unpaired) electrons. The molecule has 0 aliphatic rings. The van der Waals surface area contributed by atoms with Crippen LogP contribution in [0.1, 0.15) is 21.5 Å². The smallest absolute Gasteiger partial charge is 0.337 e. The molecule has 0 atom stereocenters. The first kappa shape index (κ1) is 17.0. The summed E-state index contributed by atoms with van der Waals surface area (Å²) in [7, 11) is 1.31. The zero-order valence-corrected chi connectivity index (χ0v) is 13.4. The number of nitrogens with zero attached hydrogens (tertiary/aromatic N) is 1. The number of ether oxygens (including phenoxy) is 1. The van der Waals surface area contributed by atoms with Crippen LogP contribution in [0.2, 0.25) is 0 Å². The summed E-state index contributed by atoms with van der Waals surface area (Å²) in [5.41, 5.74) is 2.65. The number of nitriles is 1. The summed E-state index contributed by atoms with van der Waals surface area (Å²) in [4.78, 5) is 23.6. The van der Waals surface area contributed by atoms with E-state index in [0.717, 1.165) is 5.56 Å². The van der Waals surface area contributed by atoms with E-state index in [2.05, 4.69) is 10.1 Å². The maximum atomic E-state index is 12.2. The number of hydrogen-bond donors (Lipinski definition) is 1. The second-order valence-electron chi connectivity index (χ2n) is 5.11. The largest absolute Gasteiger partial charge is 0.465 e. The molecule has 0 heterocycles. The van der Waals surface area contributed by atoms with Crippen molar-refractivity contribution >= 4 is 23.6 Å². The van der Waals surface area contributed by atoms with Crippen molar-refractivity contribution in [1.82, 2.24) is 0 Å². The number of esters is 1. The quantitative estimate of drug-likeness (QED) is 0.532. The fourth-order valence-corrected chi connectivity index (χ4v) is 2.07. The van der Waals surface area contributed by atoms with Gasteiger partial charge < -0.3 is 10.1 Å². The lowest BCUT2D eigenvalue weighted by molar-refractivity contribution is -0.112. The van der Waals surface area contributed by atoms with Crippen LogP contribution >= 0.6 is 0 Å². The molecule has 0 unspecified atom stereocenters. The number of anilines is 1. The Bertz CT molecular complexity index is 830. The second-order valence-corrected chi connectivity index (χ2v) is 5.11. The maximum Gasteiger partial charge on any atom is 0.337 e. The SMILES string of the molecule is COC(=O)c1ccc(C=C(C#N)C(=O)Nc2cccc(C)c2)cc1. The van der Waals surface area contributed by atoms with Gasteiger partial charge in [-0.3, -0.25) is 4.79 Å². The van der Waals surface area contributed by atoms with Crippen molar-refractivity contribution in [3.8, 4) is 6.07 Å². The Morgan fingerprint density at radius 3 is 2.46 bits per heavy atom. The Kier molecular flexibility index (Phi) is 5.48. The van der Waals surface area contributed by atoms with Crippen molar-refractivity contribution in [1.29, 1.82) is 5.26 Å². The zero-order valence-electron chi connectivity index (χ0n) is 13.4. The van der Waals surface area contributed by atoms with Crippen molar-refractivity contribution in [2.24, 2.45) is 0 Å². The van der Waals surface area contributed by atoms with Gasteiger partial charge in [0, 0.05) is 5.69 Å². The monoisotopic (exact) mass is 320 g/mol. The predicted octanol–water partition coefficient (Wildman–Crippen LogP) is 3.33. The molecule has 0 aliphatic carbocycles. The zero-order chi connectivity index (χ0) is 17.5. The standard InChI is InChI=1S/C19H16N2O3/c1-13-4-3-5-17(10-13)21-18(22)16(12-20)11-14-6-8-15(9-7-14)19(23)24-2/h3-11H,1-2H3,(H,21,22). The summed E-state index contributed by atoms with van der Waals surface area (Å²) in [6, 6.07) is 15.6.